The van der Waals surface area contributed by atoms with Crippen LogP contribution in [0.2, 0.25) is 0 Å². The van der Waals surface area contributed by atoms with Crippen molar-refractivity contribution in [2.75, 3.05) is 7.05 Å². The summed E-state index contributed by atoms with van der Waals surface area (Å²) >= 11 is 3.54. The molecule has 0 fully saturated rings. The Hall–Kier alpha value is -1.86. The number of hydrogen-bond acceptors (Lipinski definition) is 4. The standard InChI is InChI=1S/C13H13BrN4O2/c1-15-6-8-11(14)12(17-16-8)7-3-4-9-10(5-7)20-13(19)18(9)2/h3-5,15H,6H2,1-2H3,(H,16,17). The average molecular weight is 337 g/mol. The highest BCUT2D eigenvalue weighted by Gasteiger charge is 2.14. The molecule has 6 nitrogen and oxygen atoms in total. The van der Waals surface area contributed by atoms with Gasteiger partial charge < -0.3 is 9.73 Å². The summed E-state index contributed by atoms with van der Waals surface area (Å²) in [7, 11) is 3.56. The van der Waals surface area contributed by atoms with Crippen molar-refractivity contribution in [1.29, 1.82) is 0 Å². The summed E-state index contributed by atoms with van der Waals surface area (Å²) < 4.78 is 7.58. The third kappa shape index (κ3) is 1.99. The van der Waals surface area contributed by atoms with Crippen LogP contribution in [-0.2, 0) is 13.6 Å². The van der Waals surface area contributed by atoms with Crippen LogP contribution in [0.3, 0.4) is 0 Å². The molecule has 0 radical (unpaired) electrons. The molecule has 0 unspecified atom stereocenters. The van der Waals surface area contributed by atoms with E-state index in [1.165, 1.54) is 4.57 Å². The van der Waals surface area contributed by atoms with Gasteiger partial charge in [-0.25, -0.2) is 4.79 Å². The first-order valence-corrected chi connectivity index (χ1v) is 6.88. The zero-order chi connectivity index (χ0) is 14.3. The van der Waals surface area contributed by atoms with Gasteiger partial charge in [0.25, 0.3) is 0 Å². The molecule has 0 amide bonds. The smallest absolute Gasteiger partial charge is 0.408 e. The third-order valence-electron chi connectivity index (χ3n) is 3.19. The van der Waals surface area contributed by atoms with Crippen molar-refractivity contribution in [2.45, 2.75) is 6.54 Å². The van der Waals surface area contributed by atoms with Crippen molar-refractivity contribution in [3.8, 4) is 11.3 Å². The van der Waals surface area contributed by atoms with E-state index in [9.17, 15) is 4.79 Å². The summed E-state index contributed by atoms with van der Waals surface area (Å²) in [4.78, 5) is 11.5. The van der Waals surface area contributed by atoms with Crippen molar-refractivity contribution in [3.63, 3.8) is 0 Å². The van der Waals surface area contributed by atoms with E-state index in [0.717, 1.165) is 26.9 Å². The number of aromatic amines is 1. The minimum Gasteiger partial charge on any atom is -0.408 e. The number of halogens is 1. The van der Waals surface area contributed by atoms with Crippen molar-refractivity contribution < 1.29 is 4.42 Å². The number of rotatable bonds is 3. The predicted octanol–water partition coefficient (Wildman–Crippen LogP) is 2.00. The molecule has 7 heteroatoms. The quantitative estimate of drug-likeness (QED) is 0.767. The molecular weight excluding hydrogens is 324 g/mol. The van der Waals surface area contributed by atoms with Crippen LogP contribution < -0.4 is 11.1 Å². The molecule has 0 saturated heterocycles. The maximum absolute atomic E-state index is 11.5. The van der Waals surface area contributed by atoms with Gasteiger partial charge in [0.15, 0.2) is 5.58 Å². The Labute approximate surface area is 122 Å². The van der Waals surface area contributed by atoms with E-state index >= 15 is 0 Å². The van der Waals surface area contributed by atoms with Crippen LogP contribution in [0.25, 0.3) is 22.4 Å². The number of hydrogen-bond donors (Lipinski definition) is 2. The van der Waals surface area contributed by atoms with E-state index in [4.69, 9.17) is 4.42 Å². The summed E-state index contributed by atoms with van der Waals surface area (Å²) in [6.45, 7) is 0.691. The zero-order valence-corrected chi connectivity index (χ0v) is 12.6. The van der Waals surface area contributed by atoms with Gasteiger partial charge in [-0.3, -0.25) is 9.67 Å². The molecule has 2 N–H and O–H groups in total. The fourth-order valence-corrected chi connectivity index (χ4v) is 2.68. The number of oxazole rings is 1. The lowest BCUT2D eigenvalue weighted by atomic mass is 10.1. The topological polar surface area (TPSA) is 75.8 Å². The molecule has 2 heterocycles. The first-order valence-electron chi connectivity index (χ1n) is 6.09. The number of H-pyrrole nitrogens is 1. The van der Waals surface area contributed by atoms with Gasteiger partial charge in [0, 0.05) is 19.2 Å². The molecule has 20 heavy (non-hydrogen) atoms. The molecule has 3 rings (SSSR count). The van der Waals surface area contributed by atoms with E-state index < -0.39 is 0 Å². The molecule has 0 aliphatic carbocycles. The van der Waals surface area contributed by atoms with Crippen molar-refractivity contribution in [1.82, 2.24) is 20.1 Å². The minimum absolute atomic E-state index is 0.367. The SMILES string of the molecule is CNCc1[nH]nc(-c2ccc3c(c2)oc(=O)n3C)c1Br. The maximum atomic E-state index is 11.5. The number of fused-ring (bicyclic) bond motifs is 1. The predicted molar refractivity (Wildman–Crippen MR) is 79.5 cm³/mol. The van der Waals surface area contributed by atoms with E-state index in [1.807, 2.05) is 25.2 Å². The lowest BCUT2D eigenvalue weighted by Gasteiger charge is -1.99. The Kier molecular flexibility index (Phi) is 3.23. The van der Waals surface area contributed by atoms with Gasteiger partial charge >= 0.3 is 5.76 Å². The minimum atomic E-state index is -0.367. The van der Waals surface area contributed by atoms with Crippen LogP contribution in [0, 0.1) is 0 Å². The van der Waals surface area contributed by atoms with Crippen molar-refractivity contribution in [2.24, 2.45) is 7.05 Å². The number of aromatic nitrogens is 3. The molecule has 1 aromatic carbocycles. The van der Waals surface area contributed by atoms with Crippen LogP contribution in [0.4, 0.5) is 0 Å². The Balaban J connectivity index is 2.12. The Morgan fingerprint density at radius 3 is 3.05 bits per heavy atom. The van der Waals surface area contributed by atoms with Crippen LogP contribution in [0.5, 0.6) is 0 Å². The summed E-state index contributed by atoms with van der Waals surface area (Å²) in [5.41, 5.74) is 3.97. The van der Waals surface area contributed by atoms with Gasteiger partial charge in [0.05, 0.1) is 15.7 Å². The Bertz CT molecular complexity index is 831. The van der Waals surface area contributed by atoms with E-state index in [-0.39, 0.29) is 5.76 Å². The number of nitrogens with one attached hydrogen (secondary N) is 2. The normalized spacial score (nSPS) is 11.3. The maximum Gasteiger partial charge on any atom is 0.419 e. The van der Waals surface area contributed by atoms with Crippen LogP contribution >= 0.6 is 15.9 Å². The highest BCUT2D eigenvalue weighted by atomic mass is 79.9. The molecule has 0 saturated carbocycles. The summed E-state index contributed by atoms with van der Waals surface area (Å²) in [5, 5.41) is 10.3. The van der Waals surface area contributed by atoms with Crippen LogP contribution in [-0.4, -0.2) is 21.8 Å². The first-order chi connectivity index (χ1) is 9.61. The Morgan fingerprint density at radius 1 is 1.50 bits per heavy atom. The first kappa shape index (κ1) is 13.1. The highest BCUT2D eigenvalue weighted by Crippen LogP contribution is 2.30. The molecule has 104 valence electrons. The van der Waals surface area contributed by atoms with E-state index in [1.54, 1.807) is 7.05 Å². The monoisotopic (exact) mass is 336 g/mol. The fraction of sp³-hybridized carbons (Fsp3) is 0.231. The van der Waals surface area contributed by atoms with Gasteiger partial charge in [-0.2, -0.15) is 5.10 Å². The zero-order valence-electron chi connectivity index (χ0n) is 11.0. The molecule has 0 aliphatic heterocycles. The molecule has 0 atom stereocenters. The largest absolute Gasteiger partial charge is 0.419 e. The van der Waals surface area contributed by atoms with Crippen LogP contribution in [0.15, 0.2) is 31.9 Å². The van der Waals surface area contributed by atoms with E-state index in [0.29, 0.717) is 12.1 Å². The van der Waals surface area contributed by atoms with Crippen molar-refractivity contribution in [3.05, 3.63) is 38.9 Å². The second-order valence-electron chi connectivity index (χ2n) is 4.50. The molecule has 0 bridgehead atoms. The van der Waals surface area contributed by atoms with Gasteiger partial charge in [-0.1, -0.05) is 6.07 Å². The third-order valence-corrected chi connectivity index (χ3v) is 4.05. The summed E-state index contributed by atoms with van der Waals surface area (Å²) in [6, 6.07) is 5.59. The van der Waals surface area contributed by atoms with Gasteiger partial charge in [-0.15, -0.1) is 0 Å². The second kappa shape index (κ2) is 4.92. The highest BCUT2D eigenvalue weighted by molar-refractivity contribution is 9.10. The summed E-state index contributed by atoms with van der Waals surface area (Å²) in [6.07, 6.45) is 0. The van der Waals surface area contributed by atoms with Gasteiger partial charge in [-0.05, 0) is 35.1 Å². The summed E-state index contributed by atoms with van der Waals surface area (Å²) in [5.74, 6) is -0.367. The van der Waals surface area contributed by atoms with E-state index in [2.05, 4.69) is 31.4 Å². The number of nitrogens with zero attached hydrogens (tertiary/aromatic N) is 2. The lowest BCUT2D eigenvalue weighted by Crippen LogP contribution is -2.08. The molecule has 0 aliphatic rings. The molecule has 2 aromatic heterocycles. The van der Waals surface area contributed by atoms with Crippen molar-refractivity contribution >= 4 is 27.0 Å². The molecule has 3 aromatic rings. The van der Waals surface area contributed by atoms with Gasteiger partial charge in [0.2, 0.25) is 0 Å². The van der Waals surface area contributed by atoms with Gasteiger partial charge in [0.1, 0.15) is 5.69 Å². The fourth-order valence-electron chi connectivity index (χ4n) is 2.13. The molecular formula is C13H13BrN4O2. The molecule has 0 spiro atoms. The average Bonchev–Trinajstić information content (AvgIpc) is 2.92. The number of aryl methyl sites for hydroxylation is 1. The lowest BCUT2D eigenvalue weighted by molar-refractivity contribution is 0.528. The number of benzene rings is 1. The van der Waals surface area contributed by atoms with Crippen LogP contribution in [0.1, 0.15) is 5.69 Å². The second-order valence-corrected chi connectivity index (χ2v) is 5.30. The Morgan fingerprint density at radius 2 is 2.30 bits per heavy atom.